The fraction of sp³-hybridized carbons (Fsp3) is 0. The summed E-state index contributed by atoms with van der Waals surface area (Å²) in [7, 11) is 0. The first-order valence-electron chi connectivity index (χ1n) is 6.41. The van der Waals surface area contributed by atoms with Gasteiger partial charge in [-0.1, -0.05) is 39.4 Å². The van der Waals surface area contributed by atoms with E-state index < -0.39 is 0 Å². The first-order valence-corrected chi connectivity index (χ1v) is 8.02. The molecule has 0 aliphatic carbocycles. The molecule has 0 amide bonds. The zero-order valence-electron chi connectivity index (χ0n) is 11.1. The maximum atomic E-state index is 12.1. The number of fused-ring (bicyclic) bond motifs is 1. The highest BCUT2D eigenvalue weighted by Gasteiger charge is 2.07. The van der Waals surface area contributed by atoms with Gasteiger partial charge >= 0.3 is 0 Å². The van der Waals surface area contributed by atoms with Crippen LogP contribution in [0.4, 0.5) is 0 Å². The minimum Gasteiger partial charge on any atom is -0.457 e. The first-order chi connectivity index (χ1) is 10.7. The molecule has 0 aliphatic rings. The van der Waals surface area contributed by atoms with Gasteiger partial charge in [-0.05, 0) is 24.3 Å². The number of benzene rings is 1. The summed E-state index contributed by atoms with van der Waals surface area (Å²) in [5.41, 5.74) is 0.789. The van der Waals surface area contributed by atoms with Crippen LogP contribution in [0.5, 0.6) is 0 Å². The second-order valence-electron chi connectivity index (χ2n) is 4.58. The molecule has 4 aromatic rings. The Hall–Kier alpha value is -2.25. The SMILES string of the molecule is O=c1/c(=C\c2ccc(-c3cccc(Br)c3)o2)sc2ncnn12. The van der Waals surface area contributed by atoms with Crippen LogP contribution in [0.25, 0.3) is 22.4 Å². The summed E-state index contributed by atoms with van der Waals surface area (Å²) >= 11 is 4.73. The smallest absolute Gasteiger partial charge is 0.291 e. The molecular formula is C15H8BrN3O2S. The van der Waals surface area contributed by atoms with Crippen molar-refractivity contribution < 1.29 is 4.42 Å². The molecule has 3 aromatic heterocycles. The van der Waals surface area contributed by atoms with Crippen molar-refractivity contribution in [2.24, 2.45) is 0 Å². The summed E-state index contributed by atoms with van der Waals surface area (Å²) in [6.07, 6.45) is 3.08. The number of furan rings is 1. The van der Waals surface area contributed by atoms with Crippen molar-refractivity contribution >= 4 is 38.3 Å². The van der Waals surface area contributed by atoms with Gasteiger partial charge in [0.15, 0.2) is 0 Å². The van der Waals surface area contributed by atoms with Gasteiger partial charge in [-0.2, -0.15) is 9.61 Å². The molecule has 1 aromatic carbocycles. The predicted molar refractivity (Wildman–Crippen MR) is 87.8 cm³/mol. The van der Waals surface area contributed by atoms with Crippen molar-refractivity contribution in [3.8, 4) is 11.3 Å². The normalized spacial score (nSPS) is 12.3. The molecule has 3 heterocycles. The molecular weight excluding hydrogens is 366 g/mol. The van der Waals surface area contributed by atoms with E-state index >= 15 is 0 Å². The van der Waals surface area contributed by atoms with E-state index in [1.807, 2.05) is 36.4 Å². The third kappa shape index (κ3) is 2.28. The van der Waals surface area contributed by atoms with Crippen molar-refractivity contribution in [1.82, 2.24) is 14.6 Å². The fourth-order valence-corrected chi connectivity index (χ4v) is 3.40. The standard InChI is InChI=1S/C15H8BrN3O2S/c16-10-3-1-2-9(6-10)12-5-4-11(21-12)7-13-14(20)19-15(22-13)17-8-18-19/h1-8H/b13-7+. The van der Waals surface area contributed by atoms with Crippen LogP contribution in [0.3, 0.4) is 0 Å². The minimum atomic E-state index is -0.182. The van der Waals surface area contributed by atoms with Crippen LogP contribution < -0.4 is 10.1 Å². The molecule has 108 valence electrons. The third-order valence-corrected chi connectivity index (χ3v) is 4.60. The molecule has 5 nitrogen and oxygen atoms in total. The molecule has 0 unspecified atom stereocenters. The Morgan fingerprint density at radius 2 is 2.18 bits per heavy atom. The summed E-state index contributed by atoms with van der Waals surface area (Å²) in [4.78, 5) is 16.7. The lowest BCUT2D eigenvalue weighted by molar-refractivity contribution is 0.571. The van der Waals surface area contributed by atoms with Gasteiger partial charge in [0.1, 0.15) is 22.4 Å². The van der Waals surface area contributed by atoms with Crippen LogP contribution in [-0.4, -0.2) is 14.6 Å². The third-order valence-electron chi connectivity index (χ3n) is 3.13. The molecule has 0 saturated carbocycles. The molecule has 0 bridgehead atoms. The van der Waals surface area contributed by atoms with Crippen molar-refractivity contribution in [3.05, 3.63) is 67.8 Å². The van der Waals surface area contributed by atoms with Crippen LogP contribution in [0, 0.1) is 0 Å². The van der Waals surface area contributed by atoms with Crippen LogP contribution in [0.1, 0.15) is 5.76 Å². The van der Waals surface area contributed by atoms with Crippen LogP contribution in [0.15, 0.2) is 56.4 Å². The quantitative estimate of drug-likeness (QED) is 0.541. The Kier molecular flexibility index (Phi) is 3.16. The Bertz CT molecular complexity index is 1080. The topological polar surface area (TPSA) is 60.4 Å². The molecule has 4 rings (SSSR count). The number of aromatic nitrogens is 3. The summed E-state index contributed by atoms with van der Waals surface area (Å²) in [6, 6.07) is 11.6. The van der Waals surface area contributed by atoms with E-state index in [0.717, 1.165) is 15.8 Å². The number of hydrogen-bond acceptors (Lipinski definition) is 5. The molecule has 0 fully saturated rings. The summed E-state index contributed by atoms with van der Waals surface area (Å²) in [5, 5.41) is 3.89. The van der Waals surface area contributed by atoms with Crippen LogP contribution in [0.2, 0.25) is 0 Å². The highest BCUT2D eigenvalue weighted by Crippen LogP contribution is 2.25. The Morgan fingerprint density at radius 3 is 3.00 bits per heavy atom. The molecule has 0 radical (unpaired) electrons. The zero-order valence-corrected chi connectivity index (χ0v) is 13.5. The van der Waals surface area contributed by atoms with E-state index in [2.05, 4.69) is 26.0 Å². The van der Waals surface area contributed by atoms with Gasteiger partial charge in [-0.3, -0.25) is 4.79 Å². The van der Waals surface area contributed by atoms with Gasteiger partial charge in [0, 0.05) is 16.1 Å². The molecule has 22 heavy (non-hydrogen) atoms. The fourth-order valence-electron chi connectivity index (χ4n) is 2.13. The second-order valence-corrected chi connectivity index (χ2v) is 6.51. The Balaban J connectivity index is 1.78. The monoisotopic (exact) mass is 373 g/mol. The van der Waals surface area contributed by atoms with Crippen LogP contribution in [-0.2, 0) is 0 Å². The van der Waals surface area contributed by atoms with Crippen LogP contribution >= 0.6 is 27.3 Å². The van der Waals surface area contributed by atoms with Crippen molar-refractivity contribution in [2.75, 3.05) is 0 Å². The van der Waals surface area contributed by atoms with E-state index in [9.17, 15) is 4.79 Å². The number of nitrogens with zero attached hydrogens (tertiary/aromatic N) is 3. The van der Waals surface area contributed by atoms with Gasteiger partial charge in [0.2, 0.25) is 4.96 Å². The Labute approximate surface area is 136 Å². The summed E-state index contributed by atoms with van der Waals surface area (Å²) < 4.78 is 8.62. The Morgan fingerprint density at radius 1 is 1.27 bits per heavy atom. The average molecular weight is 374 g/mol. The zero-order chi connectivity index (χ0) is 15.1. The molecule has 0 aliphatic heterocycles. The van der Waals surface area contributed by atoms with Crippen molar-refractivity contribution in [3.63, 3.8) is 0 Å². The number of hydrogen-bond donors (Lipinski definition) is 0. The molecule has 0 saturated heterocycles. The lowest BCUT2D eigenvalue weighted by Crippen LogP contribution is -2.23. The average Bonchev–Trinajstić information content (AvgIpc) is 3.20. The van der Waals surface area contributed by atoms with E-state index in [-0.39, 0.29) is 5.56 Å². The highest BCUT2D eigenvalue weighted by atomic mass is 79.9. The second kappa shape index (κ2) is 5.19. The van der Waals surface area contributed by atoms with E-state index in [1.54, 1.807) is 6.08 Å². The van der Waals surface area contributed by atoms with E-state index in [1.165, 1.54) is 22.2 Å². The minimum absolute atomic E-state index is 0.182. The summed E-state index contributed by atoms with van der Waals surface area (Å²) in [5.74, 6) is 1.37. The van der Waals surface area contributed by atoms with E-state index in [4.69, 9.17) is 4.42 Å². The van der Waals surface area contributed by atoms with Crippen molar-refractivity contribution in [1.29, 1.82) is 0 Å². The first kappa shape index (κ1) is 13.4. The lowest BCUT2D eigenvalue weighted by Gasteiger charge is -1.96. The van der Waals surface area contributed by atoms with Gasteiger partial charge in [0.05, 0.1) is 0 Å². The van der Waals surface area contributed by atoms with Crippen molar-refractivity contribution in [2.45, 2.75) is 0 Å². The van der Waals surface area contributed by atoms with Gasteiger partial charge in [0.25, 0.3) is 5.56 Å². The molecule has 0 spiro atoms. The predicted octanol–water partition coefficient (Wildman–Crippen LogP) is 2.72. The number of thiazole rings is 1. The molecule has 7 heteroatoms. The maximum absolute atomic E-state index is 12.1. The van der Waals surface area contributed by atoms with Gasteiger partial charge < -0.3 is 4.42 Å². The number of rotatable bonds is 2. The van der Waals surface area contributed by atoms with E-state index in [0.29, 0.717) is 15.3 Å². The highest BCUT2D eigenvalue weighted by molar-refractivity contribution is 9.10. The largest absolute Gasteiger partial charge is 0.457 e. The number of halogens is 1. The van der Waals surface area contributed by atoms with Gasteiger partial charge in [-0.15, -0.1) is 0 Å². The molecule has 0 atom stereocenters. The summed E-state index contributed by atoms with van der Waals surface area (Å²) in [6.45, 7) is 0. The van der Waals surface area contributed by atoms with Gasteiger partial charge in [-0.25, -0.2) is 4.98 Å². The molecule has 0 N–H and O–H groups in total. The maximum Gasteiger partial charge on any atom is 0.291 e. The lowest BCUT2D eigenvalue weighted by atomic mass is 10.2.